The predicted octanol–water partition coefficient (Wildman–Crippen LogP) is 2.23. The zero-order chi connectivity index (χ0) is 10.8. The molecule has 0 radical (unpaired) electrons. The maximum atomic E-state index is 11.7. The first-order chi connectivity index (χ1) is 6.47. The summed E-state index contributed by atoms with van der Waals surface area (Å²) in [6.45, 7) is 10.3. The third-order valence-electron chi connectivity index (χ3n) is 3.11. The van der Waals surface area contributed by atoms with Gasteiger partial charge >= 0.3 is 6.03 Å². The second-order valence-electron chi connectivity index (χ2n) is 4.94. The highest BCUT2D eigenvalue weighted by atomic mass is 16.2. The first-order valence-corrected chi connectivity index (χ1v) is 5.52. The lowest BCUT2D eigenvalue weighted by Gasteiger charge is -2.23. The van der Waals surface area contributed by atoms with Gasteiger partial charge in [-0.3, -0.25) is 0 Å². The Labute approximate surface area is 86.9 Å². The van der Waals surface area contributed by atoms with E-state index in [1.54, 1.807) is 0 Å². The molecule has 1 fully saturated rings. The number of nitrogens with one attached hydrogen (secondary N) is 1. The van der Waals surface area contributed by atoms with Gasteiger partial charge in [-0.25, -0.2) is 4.79 Å². The molecule has 1 rings (SSSR count). The molecular formula is C11H22N2O. The summed E-state index contributed by atoms with van der Waals surface area (Å²) in [7, 11) is 0. The number of urea groups is 1. The normalized spacial score (nSPS) is 27.1. The van der Waals surface area contributed by atoms with Gasteiger partial charge in [-0.05, 0) is 32.1 Å². The highest BCUT2D eigenvalue weighted by Crippen LogP contribution is 2.32. The van der Waals surface area contributed by atoms with Crippen LogP contribution in [-0.2, 0) is 0 Å². The number of hydrogen-bond donors (Lipinski definition) is 1. The first-order valence-electron chi connectivity index (χ1n) is 5.52. The summed E-state index contributed by atoms with van der Waals surface area (Å²) in [4.78, 5) is 13.6. The van der Waals surface area contributed by atoms with Crippen LogP contribution in [0, 0.1) is 5.41 Å². The number of carbonyl (C=O) groups is 1. The highest BCUT2D eigenvalue weighted by molar-refractivity contribution is 5.74. The maximum Gasteiger partial charge on any atom is 0.317 e. The molecule has 0 saturated carbocycles. The van der Waals surface area contributed by atoms with Crippen molar-refractivity contribution >= 4 is 6.03 Å². The molecule has 1 atom stereocenters. The van der Waals surface area contributed by atoms with Crippen molar-refractivity contribution in [2.45, 2.75) is 46.6 Å². The molecule has 1 aliphatic heterocycles. The van der Waals surface area contributed by atoms with Crippen molar-refractivity contribution in [1.82, 2.24) is 10.2 Å². The van der Waals surface area contributed by atoms with E-state index in [9.17, 15) is 4.79 Å². The molecule has 0 aromatic rings. The quantitative estimate of drug-likeness (QED) is 0.725. The molecule has 0 bridgehead atoms. The van der Waals surface area contributed by atoms with Gasteiger partial charge in [-0.2, -0.15) is 0 Å². The SMILES string of the molecule is CC[C@]1(C)CCN(C(=O)NC(C)C)C1. The molecule has 2 amide bonds. The van der Waals surface area contributed by atoms with Crippen LogP contribution in [0.2, 0.25) is 0 Å². The van der Waals surface area contributed by atoms with Gasteiger partial charge < -0.3 is 10.2 Å². The molecule has 0 spiro atoms. The first kappa shape index (κ1) is 11.3. The van der Waals surface area contributed by atoms with Gasteiger partial charge in [0.1, 0.15) is 0 Å². The molecule has 1 saturated heterocycles. The summed E-state index contributed by atoms with van der Waals surface area (Å²) in [6, 6.07) is 0.327. The van der Waals surface area contributed by atoms with Gasteiger partial charge in [0, 0.05) is 19.1 Å². The summed E-state index contributed by atoms with van der Waals surface area (Å²) in [6.07, 6.45) is 2.29. The molecule has 0 aromatic heterocycles. The molecule has 1 N–H and O–H groups in total. The zero-order valence-corrected chi connectivity index (χ0v) is 9.76. The van der Waals surface area contributed by atoms with Crippen LogP contribution in [-0.4, -0.2) is 30.1 Å². The Morgan fingerprint density at radius 2 is 2.21 bits per heavy atom. The van der Waals surface area contributed by atoms with Crippen molar-refractivity contribution in [3.8, 4) is 0 Å². The molecule has 1 aliphatic rings. The second kappa shape index (κ2) is 4.20. The van der Waals surface area contributed by atoms with Crippen molar-refractivity contribution in [2.24, 2.45) is 5.41 Å². The molecule has 3 heteroatoms. The lowest BCUT2D eigenvalue weighted by Crippen LogP contribution is -2.42. The van der Waals surface area contributed by atoms with E-state index < -0.39 is 0 Å². The van der Waals surface area contributed by atoms with Gasteiger partial charge in [-0.1, -0.05) is 13.8 Å². The van der Waals surface area contributed by atoms with Crippen LogP contribution < -0.4 is 5.32 Å². The Hall–Kier alpha value is -0.730. The second-order valence-corrected chi connectivity index (χ2v) is 4.94. The Morgan fingerprint density at radius 1 is 1.57 bits per heavy atom. The van der Waals surface area contributed by atoms with E-state index in [1.807, 2.05) is 18.7 Å². The molecule has 82 valence electrons. The van der Waals surface area contributed by atoms with Gasteiger partial charge in [0.05, 0.1) is 0 Å². The predicted molar refractivity (Wildman–Crippen MR) is 58.3 cm³/mol. The van der Waals surface area contributed by atoms with Crippen LogP contribution in [0.3, 0.4) is 0 Å². The Kier molecular flexibility index (Phi) is 3.40. The summed E-state index contributed by atoms with van der Waals surface area (Å²) < 4.78 is 0. The van der Waals surface area contributed by atoms with E-state index in [1.165, 1.54) is 0 Å². The minimum atomic E-state index is 0.0946. The van der Waals surface area contributed by atoms with Crippen LogP contribution >= 0.6 is 0 Å². The number of carbonyl (C=O) groups excluding carboxylic acids is 1. The number of hydrogen-bond acceptors (Lipinski definition) is 1. The van der Waals surface area contributed by atoms with Gasteiger partial charge in [0.2, 0.25) is 0 Å². The minimum Gasteiger partial charge on any atom is -0.336 e. The summed E-state index contributed by atoms with van der Waals surface area (Å²) in [5.41, 5.74) is 0.342. The lowest BCUT2D eigenvalue weighted by atomic mass is 9.87. The van der Waals surface area contributed by atoms with Gasteiger partial charge in [0.25, 0.3) is 0 Å². The third kappa shape index (κ3) is 2.63. The van der Waals surface area contributed by atoms with Crippen molar-refractivity contribution in [3.63, 3.8) is 0 Å². The largest absolute Gasteiger partial charge is 0.336 e. The summed E-state index contributed by atoms with van der Waals surface area (Å²) in [5, 5.41) is 2.93. The maximum absolute atomic E-state index is 11.7. The highest BCUT2D eigenvalue weighted by Gasteiger charge is 2.34. The molecule has 0 aromatic carbocycles. The average molecular weight is 198 g/mol. The Morgan fingerprint density at radius 3 is 2.64 bits per heavy atom. The topological polar surface area (TPSA) is 32.3 Å². The standard InChI is InChI=1S/C11H22N2O/c1-5-11(4)6-7-13(8-11)10(14)12-9(2)3/h9H,5-8H2,1-4H3,(H,12,14)/t11-/m1/s1. The van der Waals surface area contributed by atoms with E-state index in [2.05, 4.69) is 19.2 Å². The van der Waals surface area contributed by atoms with Crippen molar-refractivity contribution in [1.29, 1.82) is 0 Å². The Balaban J connectivity index is 2.46. The molecule has 0 aliphatic carbocycles. The van der Waals surface area contributed by atoms with E-state index in [0.29, 0.717) is 5.41 Å². The molecule has 14 heavy (non-hydrogen) atoms. The monoisotopic (exact) mass is 198 g/mol. The van der Waals surface area contributed by atoms with Crippen molar-refractivity contribution in [3.05, 3.63) is 0 Å². The average Bonchev–Trinajstić information content (AvgIpc) is 2.48. The molecule has 1 heterocycles. The van der Waals surface area contributed by atoms with Crippen LogP contribution in [0.1, 0.15) is 40.5 Å². The fourth-order valence-corrected chi connectivity index (χ4v) is 1.82. The summed E-state index contributed by atoms with van der Waals surface area (Å²) in [5.74, 6) is 0. The number of rotatable bonds is 2. The fourth-order valence-electron chi connectivity index (χ4n) is 1.82. The number of nitrogens with zero attached hydrogens (tertiary/aromatic N) is 1. The molecule has 3 nitrogen and oxygen atoms in total. The van der Waals surface area contributed by atoms with Crippen LogP contribution in [0.5, 0.6) is 0 Å². The van der Waals surface area contributed by atoms with Gasteiger partial charge in [-0.15, -0.1) is 0 Å². The van der Waals surface area contributed by atoms with Crippen LogP contribution in [0.25, 0.3) is 0 Å². The van der Waals surface area contributed by atoms with Crippen LogP contribution in [0.4, 0.5) is 4.79 Å². The third-order valence-corrected chi connectivity index (χ3v) is 3.11. The van der Waals surface area contributed by atoms with E-state index in [4.69, 9.17) is 0 Å². The number of amides is 2. The fraction of sp³-hybridized carbons (Fsp3) is 0.909. The van der Waals surface area contributed by atoms with E-state index in [0.717, 1.165) is 25.9 Å². The minimum absolute atomic E-state index is 0.0946. The molecular weight excluding hydrogens is 176 g/mol. The smallest absolute Gasteiger partial charge is 0.317 e. The molecule has 0 unspecified atom stereocenters. The Bertz CT molecular complexity index is 215. The van der Waals surface area contributed by atoms with Gasteiger partial charge in [0.15, 0.2) is 0 Å². The summed E-state index contributed by atoms with van der Waals surface area (Å²) >= 11 is 0. The number of likely N-dealkylation sites (tertiary alicyclic amines) is 1. The van der Waals surface area contributed by atoms with E-state index >= 15 is 0 Å². The lowest BCUT2D eigenvalue weighted by molar-refractivity contribution is 0.198. The van der Waals surface area contributed by atoms with Crippen molar-refractivity contribution in [2.75, 3.05) is 13.1 Å². The van der Waals surface area contributed by atoms with Crippen LogP contribution in [0.15, 0.2) is 0 Å². The van der Waals surface area contributed by atoms with E-state index in [-0.39, 0.29) is 12.1 Å². The van der Waals surface area contributed by atoms with Crippen molar-refractivity contribution < 1.29 is 4.79 Å². The zero-order valence-electron chi connectivity index (χ0n) is 9.76.